The molecule has 1 atom stereocenters. The maximum absolute atomic E-state index is 12.2. The number of hydrogen-bond donors (Lipinski definition) is 2. The molecule has 1 aromatic carbocycles. The smallest absolute Gasteiger partial charge is 0.271 e. The zero-order valence-electron chi connectivity index (χ0n) is 11.9. The van der Waals surface area contributed by atoms with Crippen molar-refractivity contribution < 1.29 is 4.79 Å². The Morgan fingerprint density at radius 1 is 1.48 bits per heavy atom. The molecule has 0 aliphatic heterocycles. The Hall–Kier alpha value is -1.81. The molecular formula is C16H18ClN3O. The quantitative estimate of drug-likeness (QED) is 0.890. The Bertz CT molecular complexity index is 648. The largest absolute Gasteiger partial charge is 0.348 e. The van der Waals surface area contributed by atoms with Gasteiger partial charge in [-0.3, -0.25) is 9.89 Å². The third-order valence-corrected chi connectivity index (χ3v) is 4.08. The Kier molecular flexibility index (Phi) is 3.97. The lowest BCUT2D eigenvalue weighted by Crippen LogP contribution is -2.34. The molecule has 0 unspecified atom stereocenters. The van der Waals surface area contributed by atoms with Crippen LogP contribution in [0.3, 0.4) is 0 Å². The second-order valence-electron chi connectivity index (χ2n) is 5.65. The number of halogens is 1. The number of H-pyrrole nitrogens is 1. The highest BCUT2D eigenvalue weighted by Gasteiger charge is 2.26. The van der Waals surface area contributed by atoms with E-state index in [1.54, 1.807) is 0 Å². The number of aromatic nitrogens is 2. The molecule has 1 saturated carbocycles. The lowest BCUT2D eigenvalue weighted by Gasteiger charge is -2.13. The number of hydrogen-bond acceptors (Lipinski definition) is 2. The second-order valence-corrected chi connectivity index (χ2v) is 6.06. The predicted octanol–water partition coefficient (Wildman–Crippen LogP) is 3.30. The van der Waals surface area contributed by atoms with Gasteiger partial charge in [0.05, 0.1) is 0 Å². The summed E-state index contributed by atoms with van der Waals surface area (Å²) in [5, 5.41) is 10.7. The maximum atomic E-state index is 12.2. The van der Waals surface area contributed by atoms with E-state index in [0.717, 1.165) is 16.3 Å². The van der Waals surface area contributed by atoms with Crippen LogP contribution in [-0.4, -0.2) is 22.1 Å². The number of aromatic amines is 1. The molecule has 0 spiro atoms. The van der Waals surface area contributed by atoms with E-state index in [-0.39, 0.29) is 11.9 Å². The highest BCUT2D eigenvalue weighted by Crippen LogP contribution is 2.38. The monoisotopic (exact) mass is 303 g/mol. The van der Waals surface area contributed by atoms with Crippen LogP contribution in [0.2, 0.25) is 5.02 Å². The van der Waals surface area contributed by atoms with E-state index in [1.165, 1.54) is 12.8 Å². The molecule has 1 aromatic heterocycles. The summed E-state index contributed by atoms with van der Waals surface area (Å²) in [6.07, 6.45) is 3.07. The Balaban J connectivity index is 1.59. The van der Waals surface area contributed by atoms with Crippen LogP contribution in [0.4, 0.5) is 0 Å². The van der Waals surface area contributed by atoms with Crippen molar-refractivity contribution >= 4 is 17.5 Å². The molecule has 1 aliphatic carbocycles. The minimum Gasteiger partial charge on any atom is -0.348 e. The van der Waals surface area contributed by atoms with E-state index in [2.05, 4.69) is 15.5 Å². The average molecular weight is 304 g/mol. The van der Waals surface area contributed by atoms with Crippen LogP contribution in [0.25, 0.3) is 0 Å². The Morgan fingerprint density at radius 2 is 2.24 bits per heavy atom. The van der Waals surface area contributed by atoms with E-state index in [9.17, 15) is 4.79 Å². The third kappa shape index (κ3) is 3.45. The summed E-state index contributed by atoms with van der Waals surface area (Å²) >= 11 is 6.14. The fraction of sp³-hybridized carbons (Fsp3) is 0.375. The van der Waals surface area contributed by atoms with E-state index in [0.29, 0.717) is 18.0 Å². The summed E-state index contributed by atoms with van der Waals surface area (Å²) < 4.78 is 0. The Labute approximate surface area is 128 Å². The van der Waals surface area contributed by atoms with Crippen LogP contribution in [-0.2, 0) is 6.42 Å². The van der Waals surface area contributed by atoms with Crippen molar-refractivity contribution in [3.63, 3.8) is 0 Å². The molecule has 1 heterocycles. The van der Waals surface area contributed by atoms with Gasteiger partial charge in [-0.05, 0) is 43.9 Å². The molecule has 0 saturated heterocycles. The minimum absolute atomic E-state index is 0.00141. The first-order chi connectivity index (χ1) is 10.1. The highest BCUT2D eigenvalue weighted by atomic mass is 35.5. The number of rotatable bonds is 5. The molecule has 2 aromatic rings. The first-order valence-corrected chi connectivity index (χ1v) is 7.61. The fourth-order valence-electron chi connectivity index (χ4n) is 2.40. The van der Waals surface area contributed by atoms with Crippen molar-refractivity contribution in [3.8, 4) is 0 Å². The van der Waals surface area contributed by atoms with E-state index in [1.807, 2.05) is 37.3 Å². The minimum atomic E-state index is -0.141. The molecule has 0 bridgehead atoms. The molecule has 3 rings (SSSR count). The number of amides is 1. The standard InChI is InChI=1S/C16H18ClN3O/c1-10(8-12-4-2-3-5-13(12)17)18-16(21)15-9-14(19-20-15)11-6-7-11/h2-5,9-11H,6-8H2,1H3,(H,18,21)(H,19,20)/t10-/m1/s1. The molecule has 1 fully saturated rings. The number of carbonyl (C=O) groups is 1. The normalized spacial score (nSPS) is 15.7. The first-order valence-electron chi connectivity index (χ1n) is 7.23. The van der Waals surface area contributed by atoms with Crippen molar-refractivity contribution in [2.45, 2.75) is 38.1 Å². The summed E-state index contributed by atoms with van der Waals surface area (Å²) in [4.78, 5) is 12.2. The van der Waals surface area contributed by atoms with E-state index < -0.39 is 0 Å². The lowest BCUT2D eigenvalue weighted by atomic mass is 10.1. The van der Waals surface area contributed by atoms with Crippen LogP contribution in [0.15, 0.2) is 30.3 Å². The van der Waals surface area contributed by atoms with Crippen molar-refractivity contribution in [2.75, 3.05) is 0 Å². The number of benzene rings is 1. The number of carbonyl (C=O) groups excluding carboxylic acids is 1. The topological polar surface area (TPSA) is 57.8 Å². The first kappa shape index (κ1) is 14.1. The second kappa shape index (κ2) is 5.90. The van der Waals surface area contributed by atoms with Gasteiger partial charge in [0.1, 0.15) is 5.69 Å². The molecular weight excluding hydrogens is 286 g/mol. The Morgan fingerprint density at radius 3 is 2.95 bits per heavy atom. The average Bonchev–Trinajstić information content (AvgIpc) is 3.18. The molecule has 1 aliphatic rings. The summed E-state index contributed by atoms with van der Waals surface area (Å²) in [5.74, 6) is 0.428. The fourth-order valence-corrected chi connectivity index (χ4v) is 2.61. The van der Waals surface area contributed by atoms with Gasteiger partial charge in [0.2, 0.25) is 0 Å². The van der Waals surface area contributed by atoms with Gasteiger partial charge >= 0.3 is 0 Å². The summed E-state index contributed by atoms with van der Waals surface area (Å²) in [6.45, 7) is 1.97. The molecule has 4 nitrogen and oxygen atoms in total. The van der Waals surface area contributed by atoms with Gasteiger partial charge in [-0.25, -0.2) is 0 Å². The number of nitrogens with one attached hydrogen (secondary N) is 2. The molecule has 2 N–H and O–H groups in total. The van der Waals surface area contributed by atoms with Gasteiger partial charge in [-0.2, -0.15) is 5.10 Å². The van der Waals surface area contributed by atoms with Gasteiger partial charge in [0.25, 0.3) is 5.91 Å². The molecule has 110 valence electrons. The molecule has 21 heavy (non-hydrogen) atoms. The van der Waals surface area contributed by atoms with Crippen LogP contribution in [0, 0.1) is 0 Å². The van der Waals surface area contributed by atoms with Gasteiger partial charge in [-0.15, -0.1) is 0 Å². The highest BCUT2D eigenvalue weighted by molar-refractivity contribution is 6.31. The zero-order chi connectivity index (χ0) is 14.8. The van der Waals surface area contributed by atoms with Gasteiger partial charge in [-0.1, -0.05) is 29.8 Å². The van der Waals surface area contributed by atoms with Crippen molar-refractivity contribution in [3.05, 3.63) is 52.3 Å². The van der Waals surface area contributed by atoms with Crippen LogP contribution < -0.4 is 5.32 Å². The van der Waals surface area contributed by atoms with Gasteiger partial charge in [0.15, 0.2) is 0 Å². The van der Waals surface area contributed by atoms with Crippen molar-refractivity contribution in [1.82, 2.24) is 15.5 Å². The lowest BCUT2D eigenvalue weighted by molar-refractivity contribution is 0.0935. The van der Waals surface area contributed by atoms with Crippen LogP contribution in [0.5, 0.6) is 0 Å². The number of nitrogens with zero attached hydrogens (tertiary/aromatic N) is 1. The van der Waals surface area contributed by atoms with Crippen LogP contribution in [0.1, 0.15) is 47.4 Å². The SMILES string of the molecule is C[C@H](Cc1ccccc1Cl)NC(=O)c1cc(C2CC2)[nH]n1. The summed E-state index contributed by atoms with van der Waals surface area (Å²) in [7, 11) is 0. The summed E-state index contributed by atoms with van der Waals surface area (Å²) in [6, 6.07) is 9.54. The molecule has 1 amide bonds. The summed E-state index contributed by atoms with van der Waals surface area (Å²) in [5.41, 5.74) is 2.56. The van der Waals surface area contributed by atoms with E-state index in [4.69, 9.17) is 11.6 Å². The van der Waals surface area contributed by atoms with Crippen molar-refractivity contribution in [1.29, 1.82) is 0 Å². The predicted molar refractivity (Wildman–Crippen MR) is 82.6 cm³/mol. The van der Waals surface area contributed by atoms with Crippen molar-refractivity contribution in [2.24, 2.45) is 0 Å². The van der Waals surface area contributed by atoms with Gasteiger partial charge in [0, 0.05) is 22.7 Å². The third-order valence-electron chi connectivity index (χ3n) is 3.71. The van der Waals surface area contributed by atoms with Gasteiger partial charge < -0.3 is 5.32 Å². The maximum Gasteiger partial charge on any atom is 0.271 e. The molecule has 0 radical (unpaired) electrons. The zero-order valence-corrected chi connectivity index (χ0v) is 12.7. The van der Waals surface area contributed by atoms with E-state index >= 15 is 0 Å². The molecule has 5 heteroatoms. The van der Waals surface area contributed by atoms with Crippen LogP contribution >= 0.6 is 11.6 Å².